The van der Waals surface area contributed by atoms with Gasteiger partial charge in [-0.25, -0.2) is 8.42 Å². The third-order valence-corrected chi connectivity index (χ3v) is 5.95. The molecule has 0 spiro atoms. The van der Waals surface area contributed by atoms with Gasteiger partial charge in [0, 0.05) is 31.2 Å². The number of nitrogens with zero attached hydrogens (tertiary/aromatic N) is 2. The fourth-order valence-electron chi connectivity index (χ4n) is 2.60. The molecule has 1 aromatic rings. The predicted molar refractivity (Wildman–Crippen MR) is 81.9 cm³/mol. The Bertz CT molecular complexity index is 628. The molecule has 1 saturated heterocycles. The Morgan fingerprint density at radius 2 is 2.05 bits per heavy atom. The van der Waals surface area contributed by atoms with Crippen LogP contribution in [0.2, 0.25) is 0 Å². The number of Topliss-reactive ketones (excluding diaryl/α,β-unsaturated/α-hetero) is 1. The maximum absolute atomic E-state index is 12.7. The number of sulfonamides is 1. The summed E-state index contributed by atoms with van der Waals surface area (Å²) in [6, 6.07) is 6.53. The quantitative estimate of drug-likeness (QED) is 0.793. The highest BCUT2D eigenvalue weighted by molar-refractivity contribution is 7.89. The van der Waals surface area contributed by atoms with Crippen molar-refractivity contribution in [2.45, 2.75) is 31.2 Å². The van der Waals surface area contributed by atoms with Gasteiger partial charge in [0.2, 0.25) is 10.0 Å². The molecule has 0 saturated carbocycles. The largest absolute Gasteiger partial charge is 0.301 e. The zero-order valence-electron chi connectivity index (χ0n) is 12.7. The standard InChI is InChI=1S/C15H22N2O3S/c1-4-14-11-17(9-8-16(14)3)21(19,20)15-7-5-6-13(10-15)12(2)18/h5-7,10,14H,4,8-9,11H2,1-3H3. The van der Waals surface area contributed by atoms with Crippen LogP contribution in [0.4, 0.5) is 0 Å². The summed E-state index contributed by atoms with van der Waals surface area (Å²) in [6.07, 6.45) is 0.913. The van der Waals surface area contributed by atoms with Crippen LogP contribution in [0.3, 0.4) is 0 Å². The van der Waals surface area contributed by atoms with Crippen LogP contribution < -0.4 is 0 Å². The molecule has 1 aliphatic heterocycles. The molecule has 1 atom stereocenters. The first kappa shape index (κ1) is 16.1. The fraction of sp³-hybridized carbons (Fsp3) is 0.533. The van der Waals surface area contributed by atoms with Gasteiger partial charge in [0.25, 0.3) is 0 Å². The highest BCUT2D eigenvalue weighted by Gasteiger charge is 2.32. The summed E-state index contributed by atoms with van der Waals surface area (Å²) in [5.41, 5.74) is 0.428. The van der Waals surface area contributed by atoms with Crippen LogP contribution in [0, 0.1) is 0 Å². The molecule has 2 rings (SSSR count). The Kier molecular flexibility index (Phi) is 4.81. The summed E-state index contributed by atoms with van der Waals surface area (Å²) < 4.78 is 27.0. The van der Waals surface area contributed by atoms with Crippen molar-refractivity contribution >= 4 is 15.8 Å². The lowest BCUT2D eigenvalue weighted by Gasteiger charge is -2.38. The minimum absolute atomic E-state index is 0.128. The second kappa shape index (κ2) is 6.25. The minimum atomic E-state index is -3.53. The summed E-state index contributed by atoms with van der Waals surface area (Å²) >= 11 is 0. The van der Waals surface area contributed by atoms with E-state index in [1.165, 1.54) is 17.3 Å². The minimum Gasteiger partial charge on any atom is -0.301 e. The number of piperazine rings is 1. The topological polar surface area (TPSA) is 57.7 Å². The normalized spacial score (nSPS) is 21.4. The van der Waals surface area contributed by atoms with Crippen molar-refractivity contribution in [1.82, 2.24) is 9.21 Å². The molecule has 0 radical (unpaired) electrons. The van der Waals surface area contributed by atoms with Crippen LogP contribution >= 0.6 is 0 Å². The fourth-order valence-corrected chi connectivity index (χ4v) is 4.12. The van der Waals surface area contributed by atoms with E-state index < -0.39 is 10.0 Å². The third-order valence-electron chi connectivity index (χ3n) is 4.09. The lowest BCUT2D eigenvalue weighted by atomic mass is 10.1. The van der Waals surface area contributed by atoms with E-state index in [0.717, 1.165) is 13.0 Å². The Hall–Kier alpha value is -1.24. The first-order chi connectivity index (χ1) is 9.86. The monoisotopic (exact) mass is 310 g/mol. The molecule has 1 heterocycles. The summed E-state index contributed by atoms with van der Waals surface area (Å²) in [7, 11) is -1.51. The van der Waals surface area contributed by atoms with Gasteiger partial charge in [-0.05, 0) is 32.5 Å². The number of likely N-dealkylation sites (N-methyl/N-ethyl adjacent to an activating group) is 1. The SMILES string of the molecule is CCC1CN(S(=O)(=O)c2cccc(C(C)=O)c2)CCN1C. The molecule has 0 aliphatic carbocycles. The van der Waals surface area contributed by atoms with Crippen molar-refractivity contribution in [3.05, 3.63) is 29.8 Å². The Morgan fingerprint density at radius 3 is 2.67 bits per heavy atom. The molecule has 5 nitrogen and oxygen atoms in total. The molecule has 116 valence electrons. The Labute approximate surface area is 126 Å². The molecular formula is C15H22N2O3S. The molecular weight excluding hydrogens is 288 g/mol. The Balaban J connectivity index is 2.30. The highest BCUT2D eigenvalue weighted by Crippen LogP contribution is 2.21. The van der Waals surface area contributed by atoms with E-state index in [1.54, 1.807) is 18.2 Å². The number of carbonyl (C=O) groups is 1. The lowest BCUT2D eigenvalue weighted by molar-refractivity contribution is 0.101. The number of hydrogen-bond donors (Lipinski definition) is 0. The van der Waals surface area contributed by atoms with Crippen LogP contribution in [0.5, 0.6) is 0 Å². The maximum atomic E-state index is 12.7. The molecule has 1 fully saturated rings. The van der Waals surface area contributed by atoms with E-state index in [0.29, 0.717) is 18.7 Å². The van der Waals surface area contributed by atoms with Crippen LogP contribution in [-0.4, -0.2) is 56.1 Å². The zero-order valence-corrected chi connectivity index (χ0v) is 13.6. The molecule has 1 aromatic carbocycles. The Morgan fingerprint density at radius 1 is 1.33 bits per heavy atom. The van der Waals surface area contributed by atoms with E-state index in [2.05, 4.69) is 11.8 Å². The summed E-state index contributed by atoms with van der Waals surface area (Å²) in [5, 5.41) is 0. The highest BCUT2D eigenvalue weighted by atomic mass is 32.2. The van der Waals surface area contributed by atoms with Gasteiger partial charge in [0.05, 0.1) is 4.90 Å². The van der Waals surface area contributed by atoms with Gasteiger partial charge < -0.3 is 4.90 Å². The maximum Gasteiger partial charge on any atom is 0.243 e. The third kappa shape index (κ3) is 3.33. The van der Waals surface area contributed by atoms with Crippen molar-refractivity contribution in [1.29, 1.82) is 0 Å². The van der Waals surface area contributed by atoms with E-state index >= 15 is 0 Å². The molecule has 1 unspecified atom stereocenters. The van der Waals surface area contributed by atoms with Gasteiger partial charge in [0.1, 0.15) is 0 Å². The second-order valence-electron chi connectivity index (χ2n) is 5.49. The molecule has 1 aliphatic rings. The first-order valence-electron chi connectivity index (χ1n) is 7.17. The van der Waals surface area contributed by atoms with Gasteiger partial charge in [-0.15, -0.1) is 0 Å². The molecule has 0 bridgehead atoms. The van der Waals surface area contributed by atoms with Crippen molar-refractivity contribution in [2.75, 3.05) is 26.7 Å². The van der Waals surface area contributed by atoms with Crippen molar-refractivity contribution in [3.8, 4) is 0 Å². The number of rotatable bonds is 4. The number of hydrogen-bond acceptors (Lipinski definition) is 4. The van der Waals surface area contributed by atoms with Gasteiger partial charge in [0.15, 0.2) is 5.78 Å². The number of ketones is 1. The van der Waals surface area contributed by atoms with Gasteiger partial charge in [-0.2, -0.15) is 4.31 Å². The molecule has 0 amide bonds. The molecule has 21 heavy (non-hydrogen) atoms. The second-order valence-corrected chi connectivity index (χ2v) is 7.43. The van der Waals surface area contributed by atoms with Crippen molar-refractivity contribution in [2.24, 2.45) is 0 Å². The molecule has 6 heteroatoms. The van der Waals surface area contributed by atoms with Gasteiger partial charge >= 0.3 is 0 Å². The van der Waals surface area contributed by atoms with E-state index in [4.69, 9.17) is 0 Å². The van der Waals surface area contributed by atoms with Gasteiger partial charge in [-0.3, -0.25) is 4.79 Å². The molecule has 0 N–H and O–H groups in total. The lowest BCUT2D eigenvalue weighted by Crippen LogP contribution is -2.52. The van der Waals surface area contributed by atoms with E-state index in [9.17, 15) is 13.2 Å². The van der Waals surface area contributed by atoms with E-state index in [-0.39, 0.29) is 16.7 Å². The average molecular weight is 310 g/mol. The summed E-state index contributed by atoms with van der Waals surface area (Å²) in [4.78, 5) is 13.8. The smallest absolute Gasteiger partial charge is 0.243 e. The summed E-state index contributed by atoms with van der Waals surface area (Å²) in [5.74, 6) is -0.128. The van der Waals surface area contributed by atoms with Crippen LogP contribution in [0.1, 0.15) is 30.6 Å². The summed E-state index contributed by atoms with van der Waals surface area (Å²) in [6.45, 7) is 5.21. The average Bonchev–Trinajstić information content (AvgIpc) is 2.47. The van der Waals surface area contributed by atoms with Crippen LogP contribution in [0.25, 0.3) is 0 Å². The number of carbonyl (C=O) groups excluding carboxylic acids is 1. The zero-order chi connectivity index (χ0) is 15.6. The predicted octanol–water partition coefficient (Wildman–Crippen LogP) is 1.60. The molecule has 0 aromatic heterocycles. The first-order valence-corrected chi connectivity index (χ1v) is 8.61. The van der Waals surface area contributed by atoms with Crippen LogP contribution in [0.15, 0.2) is 29.2 Å². The number of benzene rings is 1. The van der Waals surface area contributed by atoms with Crippen molar-refractivity contribution in [3.63, 3.8) is 0 Å². The van der Waals surface area contributed by atoms with E-state index in [1.807, 2.05) is 7.05 Å². The van der Waals surface area contributed by atoms with Crippen molar-refractivity contribution < 1.29 is 13.2 Å². The van der Waals surface area contributed by atoms with Gasteiger partial charge in [-0.1, -0.05) is 19.1 Å². The van der Waals surface area contributed by atoms with Crippen LogP contribution in [-0.2, 0) is 10.0 Å².